The standard InChI is InChI=1S/C19H27NO3.ClH/c1-2-10-20-12-18-14-8-9-16(21)19(22)15(14)11-17(23-18)13-6-4-3-5-7-13;/h2,8-9,13,17-18,20-22H,1,3-7,10-12H2;1H/t17-,18-;/m0./s1. The zero-order valence-electron chi connectivity index (χ0n) is 14.0. The van der Waals surface area contributed by atoms with Gasteiger partial charge in [0.15, 0.2) is 11.5 Å². The van der Waals surface area contributed by atoms with Crippen molar-refractivity contribution < 1.29 is 14.9 Å². The largest absolute Gasteiger partial charge is 0.504 e. The molecule has 2 atom stereocenters. The lowest BCUT2D eigenvalue weighted by Crippen LogP contribution is -2.37. The number of hydrogen-bond acceptors (Lipinski definition) is 4. The smallest absolute Gasteiger partial charge is 0.161 e. The molecule has 2 aliphatic rings. The van der Waals surface area contributed by atoms with E-state index in [2.05, 4.69) is 11.9 Å². The summed E-state index contributed by atoms with van der Waals surface area (Å²) in [6.07, 6.45) is 8.82. The maximum atomic E-state index is 10.3. The van der Waals surface area contributed by atoms with Crippen molar-refractivity contribution in [1.29, 1.82) is 0 Å². The Morgan fingerprint density at radius 1 is 1.21 bits per heavy atom. The molecule has 0 amide bonds. The molecule has 3 rings (SSSR count). The topological polar surface area (TPSA) is 61.7 Å². The van der Waals surface area contributed by atoms with Gasteiger partial charge in [-0.1, -0.05) is 31.4 Å². The first-order chi connectivity index (χ1) is 11.2. The highest BCUT2D eigenvalue weighted by atomic mass is 35.5. The number of rotatable bonds is 5. The van der Waals surface area contributed by atoms with Gasteiger partial charge in [0.25, 0.3) is 0 Å². The van der Waals surface area contributed by atoms with Crippen LogP contribution in [0.15, 0.2) is 24.8 Å². The molecular formula is C19H28ClNO3. The van der Waals surface area contributed by atoms with Gasteiger partial charge in [0.1, 0.15) is 0 Å². The molecule has 1 fully saturated rings. The van der Waals surface area contributed by atoms with E-state index in [1.165, 1.54) is 32.1 Å². The quantitative estimate of drug-likeness (QED) is 0.427. The fourth-order valence-corrected chi connectivity index (χ4v) is 3.95. The molecule has 4 nitrogen and oxygen atoms in total. The Balaban J connectivity index is 0.00000208. The molecule has 1 heterocycles. The summed E-state index contributed by atoms with van der Waals surface area (Å²) >= 11 is 0. The van der Waals surface area contributed by atoms with Gasteiger partial charge in [0, 0.05) is 25.1 Å². The monoisotopic (exact) mass is 353 g/mol. The van der Waals surface area contributed by atoms with Crippen LogP contribution in [0, 0.1) is 5.92 Å². The number of benzene rings is 1. The molecule has 1 aromatic carbocycles. The van der Waals surface area contributed by atoms with E-state index in [-0.39, 0.29) is 36.1 Å². The lowest BCUT2D eigenvalue weighted by Gasteiger charge is -2.38. The van der Waals surface area contributed by atoms with E-state index < -0.39 is 0 Å². The zero-order valence-corrected chi connectivity index (χ0v) is 14.9. The summed E-state index contributed by atoms with van der Waals surface area (Å²) in [6, 6.07) is 3.43. The van der Waals surface area contributed by atoms with Gasteiger partial charge >= 0.3 is 0 Å². The van der Waals surface area contributed by atoms with Crippen molar-refractivity contribution in [2.24, 2.45) is 5.92 Å². The van der Waals surface area contributed by atoms with Crippen LogP contribution in [0.25, 0.3) is 0 Å². The summed E-state index contributed by atoms with van der Waals surface area (Å²) in [7, 11) is 0. The predicted octanol–water partition coefficient (Wildman–Crippen LogP) is 3.86. The maximum Gasteiger partial charge on any atom is 0.161 e. The fourth-order valence-electron chi connectivity index (χ4n) is 3.95. The zero-order chi connectivity index (χ0) is 16.2. The number of ether oxygens (including phenoxy) is 1. The molecule has 1 saturated carbocycles. The van der Waals surface area contributed by atoms with Crippen LogP contribution < -0.4 is 5.32 Å². The van der Waals surface area contributed by atoms with E-state index in [1.54, 1.807) is 6.07 Å². The van der Waals surface area contributed by atoms with Crippen molar-refractivity contribution in [3.05, 3.63) is 35.9 Å². The minimum atomic E-state index is -0.0860. The maximum absolute atomic E-state index is 10.3. The number of nitrogens with one attached hydrogen (secondary N) is 1. The fraction of sp³-hybridized carbons (Fsp3) is 0.579. The number of aromatic hydroxyl groups is 2. The van der Waals surface area contributed by atoms with Gasteiger partial charge in [-0.25, -0.2) is 0 Å². The first kappa shape index (κ1) is 19.1. The van der Waals surface area contributed by atoms with Gasteiger partial charge in [-0.15, -0.1) is 19.0 Å². The first-order valence-corrected chi connectivity index (χ1v) is 8.71. The van der Waals surface area contributed by atoms with Crippen LogP contribution in [0.3, 0.4) is 0 Å². The Labute approximate surface area is 150 Å². The minimum Gasteiger partial charge on any atom is -0.504 e. The molecular weight excluding hydrogens is 326 g/mol. The average Bonchev–Trinajstić information content (AvgIpc) is 2.59. The van der Waals surface area contributed by atoms with Crippen LogP contribution in [0.4, 0.5) is 0 Å². The lowest BCUT2D eigenvalue weighted by atomic mass is 9.80. The molecule has 0 unspecified atom stereocenters. The summed E-state index contributed by atoms with van der Waals surface area (Å²) in [6.45, 7) is 5.14. The SMILES string of the molecule is C=CCNC[C@@H]1O[C@H](C2CCCCC2)Cc2c1ccc(O)c2O.Cl. The predicted molar refractivity (Wildman–Crippen MR) is 98.0 cm³/mol. The molecule has 0 spiro atoms. The van der Waals surface area contributed by atoms with E-state index in [4.69, 9.17) is 4.74 Å². The first-order valence-electron chi connectivity index (χ1n) is 8.71. The van der Waals surface area contributed by atoms with Crippen LogP contribution in [-0.4, -0.2) is 29.4 Å². The van der Waals surface area contributed by atoms with Crippen molar-refractivity contribution in [3.63, 3.8) is 0 Å². The number of hydrogen-bond donors (Lipinski definition) is 3. The molecule has 0 radical (unpaired) electrons. The molecule has 134 valence electrons. The van der Waals surface area contributed by atoms with Crippen LogP contribution >= 0.6 is 12.4 Å². The van der Waals surface area contributed by atoms with Crippen LogP contribution in [0.5, 0.6) is 11.5 Å². The normalized spacial score (nSPS) is 24.0. The summed E-state index contributed by atoms with van der Waals surface area (Å²) in [5.41, 5.74) is 1.85. The second-order valence-corrected chi connectivity index (χ2v) is 6.71. The van der Waals surface area contributed by atoms with Gasteiger partial charge in [-0.2, -0.15) is 0 Å². The van der Waals surface area contributed by atoms with Crippen LogP contribution in [0.1, 0.15) is 49.3 Å². The second kappa shape index (κ2) is 8.75. The number of phenolic OH excluding ortho intramolecular Hbond substituents is 2. The molecule has 1 aromatic rings. The van der Waals surface area contributed by atoms with Gasteiger partial charge in [-0.3, -0.25) is 0 Å². The number of fused-ring (bicyclic) bond motifs is 1. The van der Waals surface area contributed by atoms with E-state index >= 15 is 0 Å². The average molecular weight is 354 g/mol. The summed E-state index contributed by atoms with van der Waals surface area (Å²) in [4.78, 5) is 0. The molecule has 1 aliphatic heterocycles. The van der Waals surface area contributed by atoms with Crippen molar-refractivity contribution in [3.8, 4) is 11.5 Å². The van der Waals surface area contributed by atoms with Gasteiger partial charge in [-0.05, 0) is 30.4 Å². The van der Waals surface area contributed by atoms with Crippen molar-refractivity contribution in [1.82, 2.24) is 5.32 Å². The van der Waals surface area contributed by atoms with E-state index in [0.717, 1.165) is 17.7 Å². The van der Waals surface area contributed by atoms with Gasteiger partial charge < -0.3 is 20.3 Å². The van der Waals surface area contributed by atoms with Gasteiger partial charge in [0.05, 0.1) is 12.2 Å². The summed E-state index contributed by atoms with van der Waals surface area (Å²) in [5, 5.41) is 23.5. The summed E-state index contributed by atoms with van der Waals surface area (Å²) in [5.74, 6) is 0.548. The van der Waals surface area contributed by atoms with Crippen molar-refractivity contribution >= 4 is 12.4 Å². The van der Waals surface area contributed by atoms with E-state index in [9.17, 15) is 10.2 Å². The Morgan fingerprint density at radius 3 is 2.67 bits per heavy atom. The van der Waals surface area contributed by atoms with Crippen molar-refractivity contribution in [2.45, 2.75) is 50.7 Å². The molecule has 0 saturated heterocycles. The van der Waals surface area contributed by atoms with Crippen molar-refractivity contribution in [2.75, 3.05) is 13.1 Å². The number of phenols is 2. The molecule has 0 aromatic heterocycles. The molecule has 5 heteroatoms. The third-order valence-electron chi connectivity index (χ3n) is 5.18. The molecule has 0 bridgehead atoms. The Bertz CT molecular complexity index is 558. The minimum absolute atomic E-state index is 0. The van der Waals surface area contributed by atoms with Crippen LogP contribution in [0.2, 0.25) is 0 Å². The van der Waals surface area contributed by atoms with Crippen LogP contribution in [-0.2, 0) is 11.2 Å². The Morgan fingerprint density at radius 2 is 1.96 bits per heavy atom. The Kier molecular flexibility index (Phi) is 6.96. The highest BCUT2D eigenvalue weighted by molar-refractivity contribution is 5.85. The molecule has 1 aliphatic carbocycles. The second-order valence-electron chi connectivity index (χ2n) is 6.71. The summed E-state index contributed by atoms with van der Waals surface area (Å²) < 4.78 is 6.40. The van der Waals surface area contributed by atoms with Gasteiger partial charge in [0.2, 0.25) is 0 Å². The molecule has 24 heavy (non-hydrogen) atoms. The lowest BCUT2D eigenvalue weighted by molar-refractivity contribution is -0.0623. The third kappa shape index (κ3) is 4.05. The van der Waals surface area contributed by atoms with E-state index in [1.807, 2.05) is 12.1 Å². The highest BCUT2D eigenvalue weighted by Crippen LogP contribution is 2.43. The van der Waals surface area contributed by atoms with E-state index in [0.29, 0.717) is 18.9 Å². The molecule has 3 N–H and O–H groups in total. The number of halogens is 1. The highest BCUT2D eigenvalue weighted by Gasteiger charge is 2.34. The Hall–Kier alpha value is -1.23. The third-order valence-corrected chi connectivity index (χ3v) is 5.18.